The van der Waals surface area contributed by atoms with E-state index in [1.807, 2.05) is 0 Å². The first-order valence-electron chi connectivity index (χ1n) is 7.04. The number of halogens is 3. The number of nitrogens with two attached hydrogens (primary N) is 1. The van der Waals surface area contributed by atoms with E-state index in [0.717, 1.165) is 12.1 Å². The Morgan fingerprint density at radius 3 is 2.23 bits per heavy atom. The quantitative estimate of drug-likeness (QED) is 0.888. The summed E-state index contributed by atoms with van der Waals surface area (Å²) in [6.07, 6.45) is 0. The Kier molecular flexibility index (Phi) is 4.75. The molecule has 1 saturated heterocycles. The maximum absolute atomic E-state index is 14.2. The molecule has 1 heterocycles. The highest BCUT2D eigenvalue weighted by molar-refractivity contribution is 6.30. The number of hydrogen-bond acceptors (Lipinski definition) is 3. The highest BCUT2D eigenvalue weighted by atomic mass is 35.5. The maximum atomic E-state index is 14.2. The number of rotatable bonds is 3. The molecule has 0 aliphatic carbocycles. The van der Waals surface area contributed by atoms with Crippen LogP contribution in [-0.2, 0) is 10.4 Å². The number of carbonyl (C=O) groups is 1. The first-order chi connectivity index (χ1) is 10.2. The third-order valence-corrected chi connectivity index (χ3v) is 4.57. The van der Waals surface area contributed by atoms with Crippen LogP contribution >= 0.6 is 11.6 Å². The van der Waals surface area contributed by atoms with E-state index in [0.29, 0.717) is 13.1 Å². The number of likely N-dealkylation sites (tertiary alicyclic amines) is 1. The van der Waals surface area contributed by atoms with Crippen molar-refractivity contribution < 1.29 is 18.7 Å². The van der Waals surface area contributed by atoms with E-state index in [9.17, 15) is 18.7 Å². The van der Waals surface area contributed by atoms with Crippen molar-refractivity contribution in [3.05, 3.63) is 34.4 Å². The molecule has 0 spiro atoms. The number of primary amides is 1. The molecule has 1 amide bonds. The monoisotopic (exact) mass is 332 g/mol. The van der Waals surface area contributed by atoms with Crippen molar-refractivity contribution in [3.63, 3.8) is 0 Å². The second-order valence-corrected chi connectivity index (χ2v) is 6.47. The zero-order valence-corrected chi connectivity index (χ0v) is 13.2. The summed E-state index contributed by atoms with van der Waals surface area (Å²) >= 11 is 5.64. The second-order valence-electron chi connectivity index (χ2n) is 6.03. The van der Waals surface area contributed by atoms with Gasteiger partial charge in [0.15, 0.2) is 0 Å². The van der Waals surface area contributed by atoms with Crippen LogP contribution in [0.2, 0.25) is 5.02 Å². The van der Waals surface area contributed by atoms with E-state index >= 15 is 0 Å². The van der Waals surface area contributed by atoms with Gasteiger partial charge in [-0.3, -0.25) is 9.69 Å². The molecule has 0 aromatic heterocycles. The van der Waals surface area contributed by atoms with Crippen molar-refractivity contribution in [2.45, 2.75) is 19.4 Å². The van der Waals surface area contributed by atoms with E-state index in [4.69, 9.17) is 17.3 Å². The van der Waals surface area contributed by atoms with Crippen molar-refractivity contribution in [2.24, 2.45) is 17.6 Å². The molecule has 1 aromatic rings. The molecular weight excluding hydrogens is 314 g/mol. The minimum absolute atomic E-state index is 0.0519. The molecule has 22 heavy (non-hydrogen) atoms. The van der Waals surface area contributed by atoms with Crippen LogP contribution in [0, 0.1) is 23.5 Å². The number of nitrogens with zero attached hydrogens (tertiary/aromatic N) is 1. The minimum atomic E-state index is -1.67. The zero-order valence-electron chi connectivity index (χ0n) is 12.4. The molecule has 0 bridgehead atoms. The molecule has 2 rings (SSSR count). The van der Waals surface area contributed by atoms with E-state index in [-0.39, 0.29) is 17.1 Å². The normalized spacial score (nSPS) is 29.5. The largest absolute Gasteiger partial charge is 0.384 e. The number of amides is 1. The van der Waals surface area contributed by atoms with E-state index in [2.05, 4.69) is 0 Å². The highest BCUT2D eigenvalue weighted by Crippen LogP contribution is 2.43. The van der Waals surface area contributed by atoms with E-state index in [1.54, 1.807) is 18.7 Å². The molecule has 1 unspecified atom stereocenters. The molecule has 3 atom stereocenters. The van der Waals surface area contributed by atoms with Crippen molar-refractivity contribution >= 4 is 17.5 Å². The molecule has 1 aromatic carbocycles. The lowest BCUT2D eigenvalue weighted by Gasteiger charge is -2.47. The molecule has 3 N–H and O–H groups in total. The first kappa shape index (κ1) is 17.1. The maximum Gasteiger partial charge on any atom is 0.231 e. The fraction of sp³-hybridized carbons (Fsp3) is 0.533. The van der Waals surface area contributed by atoms with Crippen LogP contribution in [0.4, 0.5) is 8.78 Å². The summed E-state index contributed by atoms with van der Waals surface area (Å²) in [5, 5.41) is 11.0. The summed E-state index contributed by atoms with van der Waals surface area (Å²) < 4.78 is 28.4. The van der Waals surface area contributed by atoms with Crippen LogP contribution in [0.15, 0.2) is 12.1 Å². The standard InChI is InChI=1S/C15H19ClF2N2O2/c1-8-5-20(7-13(19)21)6-9(2)15(8,22)14-11(17)3-10(16)4-12(14)18/h3-4,8-9,22H,5-7H2,1-2H3,(H2,19,21)/t8-,9+,15?. The zero-order chi connectivity index (χ0) is 16.7. The number of piperidine rings is 1. The summed E-state index contributed by atoms with van der Waals surface area (Å²) in [5.41, 5.74) is 3.14. The number of carbonyl (C=O) groups excluding carboxylic acids is 1. The fourth-order valence-electron chi connectivity index (χ4n) is 3.38. The molecule has 1 fully saturated rings. The van der Waals surface area contributed by atoms with Gasteiger partial charge in [0.25, 0.3) is 0 Å². The van der Waals surface area contributed by atoms with E-state index < -0.39 is 35.0 Å². The first-order valence-corrected chi connectivity index (χ1v) is 7.42. The Hall–Kier alpha value is -1.24. The topological polar surface area (TPSA) is 66.6 Å². The van der Waals surface area contributed by atoms with Gasteiger partial charge in [-0.25, -0.2) is 8.78 Å². The molecule has 7 heteroatoms. The van der Waals surface area contributed by atoms with Gasteiger partial charge >= 0.3 is 0 Å². The smallest absolute Gasteiger partial charge is 0.231 e. The summed E-state index contributed by atoms with van der Waals surface area (Å²) in [6, 6.07) is 1.99. The lowest BCUT2D eigenvalue weighted by Crippen LogP contribution is -2.56. The summed E-state index contributed by atoms with van der Waals surface area (Å²) in [5.74, 6) is -3.18. The van der Waals surface area contributed by atoms with Crippen molar-refractivity contribution in [1.29, 1.82) is 0 Å². The number of benzene rings is 1. The van der Waals surface area contributed by atoms with Crippen LogP contribution < -0.4 is 5.73 Å². The van der Waals surface area contributed by atoms with Crippen molar-refractivity contribution in [2.75, 3.05) is 19.6 Å². The van der Waals surface area contributed by atoms with Crippen LogP contribution in [0.3, 0.4) is 0 Å². The average molecular weight is 333 g/mol. The van der Waals surface area contributed by atoms with Gasteiger partial charge in [-0.05, 0) is 12.1 Å². The van der Waals surface area contributed by atoms with Gasteiger partial charge in [0.2, 0.25) is 5.91 Å². The summed E-state index contributed by atoms with van der Waals surface area (Å²) in [4.78, 5) is 12.8. The van der Waals surface area contributed by atoms with Crippen LogP contribution in [0.5, 0.6) is 0 Å². The number of aliphatic hydroxyl groups is 1. The molecule has 1 aliphatic heterocycles. The molecule has 4 nitrogen and oxygen atoms in total. The van der Waals surface area contributed by atoms with Gasteiger partial charge in [-0.2, -0.15) is 0 Å². The van der Waals surface area contributed by atoms with Gasteiger partial charge in [-0.1, -0.05) is 25.4 Å². The Morgan fingerprint density at radius 2 is 1.82 bits per heavy atom. The average Bonchev–Trinajstić information content (AvgIpc) is 2.34. The van der Waals surface area contributed by atoms with Gasteiger partial charge in [0.05, 0.1) is 12.1 Å². The van der Waals surface area contributed by atoms with Crippen LogP contribution in [0.25, 0.3) is 0 Å². The van der Waals surface area contributed by atoms with Crippen molar-refractivity contribution in [3.8, 4) is 0 Å². The fourth-order valence-corrected chi connectivity index (χ4v) is 3.57. The van der Waals surface area contributed by atoms with Gasteiger partial charge in [0, 0.05) is 29.9 Å². The summed E-state index contributed by atoms with van der Waals surface area (Å²) in [7, 11) is 0. The Bertz CT molecular complexity index is 562. The Labute approximate surface area is 132 Å². The highest BCUT2D eigenvalue weighted by Gasteiger charge is 2.48. The molecular formula is C15H19ClF2N2O2. The third-order valence-electron chi connectivity index (χ3n) is 4.35. The third kappa shape index (κ3) is 2.95. The molecule has 0 saturated carbocycles. The van der Waals surface area contributed by atoms with Crippen LogP contribution in [-0.4, -0.2) is 35.5 Å². The van der Waals surface area contributed by atoms with Crippen LogP contribution in [0.1, 0.15) is 19.4 Å². The predicted molar refractivity (Wildman–Crippen MR) is 79.2 cm³/mol. The minimum Gasteiger partial charge on any atom is -0.384 e. The van der Waals surface area contributed by atoms with E-state index in [1.165, 1.54) is 0 Å². The predicted octanol–water partition coefficient (Wildman–Crippen LogP) is 1.88. The van der Waals surface area contributed by atoms with Gasteiger partial charge in [-0.15, -0.1) is 0 Å². The second kappa shape index (κ2) is 6.10. The Balaban J connectivity index is 2.40. The lowest BCUT2D eigenvalue weighted by atomic mass is 9.70. The summed E-state index contributed by atoms with van der Waals surface area (Å²) in [6.45, 7) is 4.06. The van der Waals surface area contributed by atoms with Gasteiger partial charge < -0.3 is 10.8 Å². The molecule has 122 valence electrons. The molecule has 0 radical (unpaired) electrons. The Morgan fingerprint density at radius 1 is 1.36 bits per heavy atom. The van der Waals surface area contributed by atoms with Gasteiger partial charge in [0.1, 0.15) is 17.2 Å². The molecule has 1 aliphatic rings. The lowest BCUT2D eigenvalue weighted by molar-refractivity contribution is -0.130. The number of hydrogen-bond donors (Lipinski definition) is 2. The van der Waals surface area contributed by atoms with Crippen molar-refractivity contribution in [1.82, 2.24) is 4.90 Å². The SMILES string of the molecule is C[C@@H]1CN(CC(N)=O)C[C@H](C)C1(O)c1c(F)cc(Cl)cc1F.